The first-order valence-electron chi connectivity index (χ1n) is 13.1. The highest BCUT2D eigenvalue weighted by molar-refractivity contribution is 5.96. The molecular formula is C28H32N6O9. The second-order valence-corrected chi connectivity index (χ2v) is 9.83. The molecule has 15 heteroatoms. The molecule has 1 heterocycles. The minimum absolute atomic E-state index is 0.0690. The number of H-pyrrole nitrogens is 1. The van der Waals surface area contributed by atoms with Gasteiger partial charge in [-0.1, -0.05) is 30.3 Å². The average molecular weight is 597 g/mol. The molecule has 0 spiro atoms. The first kappa shape index (κ1) is 32.1. The standard InChI is InChI=1S/C28H32N6O9/c29-18(10-15-13-31-19-4-2-1-3-17(15)19)25(39)32-21(12-24(37)38)27(41)33-20(9-14-5-7-16(35)8-6-14)26(40)34-22(28(42)43)11-23(30)36/h1-8,13,18,20-22,31,35H,9-12,29H2,(H2,30,36)(H,32,39)(H,33,41)(H,34,40)(H,37,38)(H,42,43). The zero-order valence-corrected chi connectivity index (χ0v) is 22.8. The van der Waals surface area contributed by atoms with E-state index in [0.29, 0.717) is 5.56 Å². The molecule has 4 unspecified atom stereocenters. The molecule has 4 amide bonds. The second-order valence-electron chi connectivity index (χ2n) is 9.83. The van der Waals surface area contributed by atoms with Crippen LogP contribution in [0.15, 0.2) is 54.7 Å². The molecule has 0 fully saturated rings. The van der Waals surface area contributed by atoms with E-state index in [1.807, 2.05) is 24.3 Å². The van der Waals surface area contributed by atoms with E-state index in [-0.39, 0.29) is 18.6 Å². The molecule has 0 saturated carbocycles. The number of aromatic hydroxyl groups is 1. The fourth-order valence-corrected chi connectivity index (χ4v) is 4.32. The Kier molecular flexibility index (Phi) is 10.8. The highest BCUT2D eigenvalue weighted by Crippen LogP contribution is 2.19. The number of aromatic amines is 1. The van der Waals surface area contributed by atoms with Crippen LogP contribution in [0.2, 0.25) is 0 Å². The van der Waals surface area contributed by atoms with Gasteiger partial charge >= 0.3 is 11.9 Å². The second kappa shape index (κ2) is 14.5. The maximum atomic E-state index is 13.2. The van der Waals surface area contributed by atoms with Crippen molar-refractivity contribution in [3.8, 4) is 5.75 Å². The Morgan fingerprint density at radius 1 is 0.767 bits per heavy atom. The molecule has 15 nitrogen and oxygen atoms in total. The minimum Gasteiger partial charge on any atom is -0.508 e. The SMILES string of the molecule is NC(=O)CC(NC(=O)C(Cc1ccc(O)cc1)NC(=O)C(CC(=O)O)NC(=O)C(N)Cc1c[nH]c2ccccc12)C(=O)O. The van der Waals surface area contributed by atoms with Crippen molar-refractivity contribution in [2.75, 3.05) is 0 Å². The molecule has 3 rings (SSSR count). The van der Waals surface area contributed by atoms with Gasteiger partial charge in [-0.05, 0) is 35.7 Å². The number of primary amides is 1. The van der Waals surface area contributed by atoms with Crippen LogP contribution in [0.5, 0.6) is 5.75 Å². The van der Waals surface area contributed by atoms with Crippen LogP contribution >= 0.6 is 0 Å². The Balaban J connectivity index is 1.78. The monoisotopic (exact) mass is 596 g/mol. The molecule has 0 bridgehead atoms. The number of carbonyl (C=O) groups excluding carboxylic acids is 4. The topological polar surface area (TPSA) is 267 Å². The number of aliphatic carboxylic acids is 2. The van der Waals surface area contributed by atoms with Crippen molar-refractivity contribution in [2.45, 2.75) is 49.9 Å². The summed E-state index contributed by atoms with van der Waals surface area (Å²) in [6.45, 7) is 0. The normalized spacial score (nSPS) is 13.7. The number of fused-ring (bicyclic) bond motifs is 1. The largest absolute Gasteiger partial charge is 0.508 e. The van der Waals surface area contributed by atoms with Crippen LogP contribution in [0.3, 0.4) is 0 Å². The number of amides is 4. The van der Waals surface area contributed by atoms with Gasteiger partial charge in [0.2, 0.25) is 23.6 Å². The van der Waals surface area contributed by atoms with E-state index >= 15 is 0 Å². The number of benzene rings is 2. The Morgan fingerprint density at radius 2 is 1.37 bits per heavy atom. The lowest BCUT2D eigenvalue weighted by molar-refractivity contribution is -0.144. The molecule has 0 aliphatic heterocycles. The number of aromatic nitrogens is 1. The Labute approximate surface area is 244 Å². The summed E-state index contributed by atoms with van der Waals surface area (Å²) < 4.78 is 0. The number of carboxylic acid groups (broad SMARTS) is 2. The third kappa shape index (κ3) is 9.29. The highest BCUT2D eigenvalue weighted by atomic mass is 16.4. The number of carboxylic acids is 2. The van der Waals surface area contributed by atoms with E-state index in [0.717, 1.165) is 16.5 Å². The van der Waals surface area contributed by atoms with Crippen LogP contribution in [-0.2, 0) is 41.6 Å². The summed E-state index contributed by atoms with van der Waals surface area (Å²) in [7, 11) is 0. The lowest BCUT2D eigenvalue weighted by atomic mass is 10.0. The summed E-state index contributed by atoms with van der Waals surface area (Å²) in [6.07, 6.45) is -0.0557. The van der Waals surface area contributed by atoms with Gasteiger partial charge in [0.25, 0.3) is 0 Å². The van der Waals surface area contributed by atoms with Gasteiger partial charge < -0.3 is 47.7 Å². The van der Waals surface area contributed by atoms with Crippen molar-refractivity contribution in [2.24, 2.45) is 11.5 Å². The third-order valence-electron chi connectivity index (χ3n) is 6.49. The molecule has 1 aromatic heterocycles. The maximum Gasteiger partial charge on any atom is 0.326 e. The first-order valence-corrected chi connectivity index (χ1v) is 13.1. The smallest absolute Gasteiger partial charge is 0.326 e. The van der Waals surface area contributed by atoms with Crippen LogP contribution in [0.25, 0.3) is 10.9 Å². The molecule has 11 N–H and O–H groups in total. The lowest BCUT2D eigenvalue weighted by Crippen LogP contribution is -2.58. The van der Waals surface area contributed by atoms with Gasteiger partial charge in [-0.25, -0.2) is 4.79 Å². The molecule has 0 aliphatic rings. The first-order chi connectivity index (χ1) is 20.3. The van der Waals surface area contributed by atoms with E-state index in [9.17, 15) is 44.1 Å². The molecule has 43 heavy (non-hydrogen) atoms. The summed E-state index contributed by atoms with van der Waals surface area (Å²) in [4.78, 5) is 76.7. The number of phenolic OH excluding ortho intramolecular Hbond substituents is 1. The summed E-state index contributed by atoms with van der Waals surface area (Å²) in [5.74, 6) is -6.96. The van der Waals surface area contributed by atoms with E-state index in [2.05, 4.69) is 20.9 Å². The van der Waals surface area contributed by atoms with Crippen LogP contribution < -0.4 is 27.4 Å². The summed E-state index contributed by atoms with van der Waals surface area (Å²) in [6, 6.07) is 6.85. The predicted octanol–water partition coefficient (Wildman–Crippen LogP) is -1.12. The fraction of sp³-hybridized carbons (Fsp3) is 0.286. The summed E-state index contributed by atoms with van der Waals surface area (Å²) in [5.41, 5.74) is 13.1. The molecule has 0 radical (unpaired) electrons. The molecule has 228 valence electrons. The van der Waals surface area contributed by atoms with Crippen LogP contribution in [0, 0.1) is 0 Å². The molecule has 2 aromatic carbocycles. The summed E-state index contributed by atoms with van der Waals surface area (Å²) >= 11 is 0. The number of phenols is 1. The van der Waals surface area contributed by atoms with Crippen LogP contribution in [0.1, 0.15) is 24.0 Å². The van der Waals surface area contributed by atoms with Gasteiger partial charge in [-0.2, -0.15) is 0 Å². The average Bonchev–Trinajstić information content (AvgIpc) is 3.35. The lowest BCUT2D eigenvalue weighted by Gasteiger charge is -2.24. The predicted molar refractivity (Wildman–Crippen MR) is 151 cm³/mol. The van der Waals surface area contributed by atoms with Gasteiger partial charge in [-0.15, -0.1) is 0 Å². The zero-order chi connectivity index (χ0) is 31.7. The van der Waals surface area contributed by atoms with E-state index in [1.54, 1.807) is 6.20 Å². The van der Waals surface area contributed by atoms with Crippen molar-refractivity contribution in [1.29, 1.82) is 0 Å². The molecule has 4 atom stereocenters. The molecule has 0 aliphatic carbocycles. The Morgan fingerprint density at radius 3 is 2.00 bits per heavy atom. The summed E-state index contributed by atoms with van der Waals surface area (Å²) in [5, 5.41) is 36.0. The van der Waals surface area contributed by atoms with Crippen molar-refractivity contribution in [3.05, 3.63) is 65.9 Å². The van der Waals surface area contributed by atoms with Gasteiger partial charge in [0.05, 0.1) is 18.9 Å². The van der Waals surface area contributed by atoms with E-state index in [1.165, 1.54) is 24.3 Å². The maximum absolute atomic E-state index is 13.2. The number of para-hydroxylation sites is 1. The van der Waals surface area contributed by atoms with Crippen LogP contribution in [-0.4, -0.2) is 80.0 Å². The van der Waals surface area contributed by atoms with Gasteiger partial charge in [0.1, 0.15) is 23.9 Å². The van der Waals surface area contributed by atoms with Crippen molar-refractivity contribution >= 4 is 46.5 Å². The molecule has 0 saturated heterocycles. The van der Waals surface area contributed by atoms with Crippen molar-refractivity contribution < 1.29 is 44.1 Å². The number of nitrogens with two attached hydrogens (primary N) is 2. The van der Waals surface area contributed by atoms with Crippen molar-refractivity contribution in [3.63, 3.8) is 0 Å². The van der Waals surface area contributed by atoms with Crippen molar-refractivity contribution in [1.82, 2.24) is 20.9 Å². The number of carbonyl (C=O) groups is 6. The highest BCUT2D eigenvalue weighted by Gasteiger charge is 2.32. The molecule has 3 aromatic rings. The number of rotatable bonds is 15. The number of hydrogen-bond donors (Lipinski definition) is 9. The number of hydrogen-bond acceptors (Lipinski definition) is 8. The fourth-order valence-electron chi connectivity index (χ4n) is 4.32. The van der Waals surface area contributed by atoms with E-state index in [4.69, 9.17) is 11.5 Å². The van der Waals surface area contributed by atoms with Gasteiger partial charge in [0, 0.05) is 23.5 Å². The Bertz CT molecular complexity index is 1500. The van der Waals surface area contributed by atoms with Crippen LogP contribution in [0.4, 0.5) is 0 Å². The van der Waals surface area contributed by atoms with Gasteiger partial charge in [-0.3, -0.25) is 24.0 Å². The van der Waals surface area contributed by atoms with Gasteiger partial charge in [0.15, 0.2) is 0 Å². The number of nitrogens with one attached hydrogen (secondary N) is 4. The zero-order valence-electron chi connectivity index (χ0n) is 22.8. The quantitative estimate of drug-likeness (QED) is 0.102. The minimum atomic E-state index is -1.71. The third-order valence-corrected chi connectivity index (χ3v) is 6.49. The Hall–Kier alpha value is -5.44. The molecular weight excluding hydrogens is 564 g/mol. The van der Waals surface area contributed by atoms with E-state index < -0.39 is 72.6 Å².